The summed E-state index contributed by atoms with van der Waals surface area (Å²) in [5.41, 5.74) is -0.293. The summed E-state index contributed by atoms with van der Waals surface area (Å²) in [6.45, 7) is 2.27. The second kappa shape index (κ2) is 9.91. The van der Waals surface area contributed by atoms with Gasteiger partial charge < -0.3 is 14.5 Å². The van der Waals surface area contributed by atoms with Crippen LogP contribution in [0.2, 0.25) is 0 Å². The highest BCUT2D eigenvalue weighted by atomic mass is 19.1. The number of rotatable bonds is 6. The molecule has 3 aliphatic rings. The van der Waals surface area contributed by atoms with E-state index in [0.29, 0.717) is 26.2 Å². The number of ether oxygens (including phenoxy) is 1. The number of hydrogen-bond donors (Lipinski definition) is 0. The Morgan fingerprint density at radius 2 is 1.67 bits per heavy atom. The van der Waals surface area contributed by atoms with Crippen LogP contribution in [0.3, 0.4) is 0 Å². The van der Waals surface area contributed by atoms with Gasteiger partial charge >= 0.3 is 0 Å². The zero-order valence-electron chi connectivity index (χ0n) is 20.6. The molecular formula is C28H32FN3O4. The molecule has 1 atom stereocenters. The van der Waals surface area contributed by atoms with Crippen molar-refractivity contribution in [3.8, 4) is 5.75 Å². The lowest BCUT2D eigenvalue weighted by atomic mass is 9.75. The Labute approximate surface area is 210 Å². The lowest BCUT2D eigenvalue weighted by Crippen LogP contribution is -2.51. The van der Waals surface area contributed by atoms with Crippen molar-refractivity contribution in [1.29, 1.82) is 0 Å². The van der Waals surface area contributed by atoms with Crippen molar-refractivity contribution in [3.63, 3.8) is 0 Å². The van der Waals surface area contributed by atoms with Gasteiger partial charge in [0.05, 0.1) is 12.5 Å². The minimum atomic E-state index is -1.49. The van der Waals surface area contributed by atoms with Crippen molar-refractivity contribution >= 4 is 23.4 Å². The highest BCUT2D eigenvalue weighted by molar-refractivity contribution is 6.11. The summed E-state index contributed by atoms with van der Waals surface area (Å²) in [7, 11) is 1.63. The van der Waals surface area contributed by atoms with E-state index in [1.54, 1.807) is 30.2 Å². The number of hydrogen-bond acceptors (Lipinski definition) is 5. The number of anilines is 1. The van der Waals surface area contributed by atoms with Gasteiger partial charge in [0.1, 0.15) is 11.6 Å². The zero-order valence-corrected chi connectivity index (χ0v) is 20.6. The number of benzene rings is 2. The third-order valence-electron chi connectivity index (χ3n) is 7.95. The summed E-state index contributed by atoms with van der Waals surface area (Å²) < 4.78 is 20.3. The SMILES string of the molecule is COc1ccc(N2CCN(C(=O)C[C@]3(c4ccccc4F)CC(=O)N(C4CCCC4)C3=O)CC2)cc1. The molecule has 5 rings (SSSR count). The second-order valence-electron chi connectivity index (χ2n) is 9.99. The van der Waals surface area contributed by atoms with E-state index < -0.39 is 17.1 Å². The Hall–Kier alpha value is -3.42. The molecule has 8 heteroatoms. The summed E-state index contributed by atoms with van der Waals surface area (Å²) >= 11 is 0. The van der Waals surface area contributed by atoms with E-state index in [1.807, 2.05) is 24.3 Å². The molecule has 2 aromatic rings. The topological polar surface area (TPSA) is 70.2 Å². The first-order chi connectivity index (χ1) is 17.4. The number of carbonyl (C=O) groups excluding carboxylic acids is 3. The fraction of sp³-hybridized carbons (Fsp3) is 0.464. The number of imide groups is 1. The molecule has 7 nitrogen and oxygen atoms in total. The van der Waals surface area contributed by atoms with Gasteiger partial charge in [-0.3, -0.25) is 19.3 Å². The first kappa shape index (κ1) is 24.3. The van der Waals surface area contributed by atoms with Crippen molar-refractivity contribution in [2.75, 3.05) is 38.2 Å². The summed E-state index contributed by atoms with van der Waals surface area (Å²) in [5, 5.41) is 0. The molecule has 0 radical (unpaired) electrons. The lowest BCUT2D eigenvalue weighted by Gasteiger charge is -2.38. The molecule has 2 aliphatic heterocycles. The molecule has 3 fully saturated rings. The number of nitrogens with zero attached hydrogens (tertiary/aromatic N) is 3. The smallest absolute Gasteiger partial charge is 0.241 e. The molecule has 0 aromatic heterocycles. The first-order valence-corrected chi connectivity index (χ1v) is 12.7. The molecule has 2 heterocycles. The quantitative estimate of drug-likeness (QED) is 0.576. The predicted molar refractivity (Wildman–Crippen MR) is 133 cm³/mol. The lowest BCUT2D eigenvalue weighted by molar-refractivity contribution is -0.144. The molecule has 1 saturated carbocycles. The fourth-order valence-electron chi connectivity index (χ4n) is 5.96. The van der Waals surface area contributed by atoms with E-state index in [9.17, 15) is 14.4 Å². The molecular weight excluding hydrogens is 461 g/mol. The van der Waals surface area contributed by atoms with Gasteiger partial charge in [0.15, 0.2) is 0 Å². The van der Waals surface area contributed by atoms with Gasteiger partial charge in [-0.25, -0.2) is 4.39 Å². The molecule has 1 aliphatic carbocycles. The largest absolute Gasteiger partial charge is 0.497 e. The third kappa shape index (κ3) is 4.33. The highest BCUT2D eigenvalue weighted by Crippen LogP contribution is 2.44. The van der Waals surface area contributed by atoms with Crippen LogP contribution in [0.25, 0.3) is 0 Å². The number of piperazine rings is 1. The Bertz CT molecular complexity index is 1140. The van der Waals surface area contributed by atoms with E-state index in [0.717, 1.165) is 37.1 Å². The van der Waals surface area contributed by atoms with Crippen molar-refractivity contribution in [1.82, 2.24) is 9.80 Å². The molecule has 3 amide bonds. The fourth-order valence-corrected chi connectivity index (χ4v) is 5.96. The van der Waals surface area contributed by atoms with Crippen LogP contribution in [0.4, 0.5) is 10.1 Å². The van der Waals surface area contributed by atoms with Crippen molar-refractivity contribution < 1.29 is 23.5 Å². The van der Waals surface area contributed by atoms with Crippen LogP contribution >= 0.6 is 0 Å². The maximum absolute atomic E-state index is 15.1. The van der Waals surface area contributed by atoms with Gasteiger partial charge in [-0.1, -0.05) is 31.0 Å². The summed E-state index contributed by atoms with van der Waals surface area (Å²) in [6.07, 6.45) is 3.10. The van der Waals surface area contributed by atoms with E-state index in [2.05, 4.69) is 4.90 Å². The minimum Gasteiger partial charge on any atom is -0.497 e. The second-order valence-corrected chi connectivity index (χ2v) is 9.99. The first-order valence-electron chi connectivity index (χ1n) is 12.7. The van der Waals surface area contributed by atoms with Crippen molar-refractivity contribution in [2.45, 2.75) is 50.0 Å². The summed E-state index contributed by atoms with van der Waals surface area (Å²) in [5.74, 6) is -0.707. The monoisotopic (exact) mass is 493 g/mol. The van der Waals surface area contributed by atoms with E-state index in [4.69, 9.17) is 4.74 Å². The maximum atomic E-state index is 15.1. The van der Waals surface area contributed by atoms with Gasteiger partial charge in [-0.15, -0.1) is 0 Å². The average Bonchev–Trinajstić information content (AvgIpc) is 3.50. The van der Waals surface area contributed by atoms with Gasteiger partial charge in [0.2, 0.25) is 17.7 Å². The molecule has 0 bridgehead atoms. The Balaban J connectivity index is 1.35. The summed E-state index contributed by atoms with van der Waals surface area (Å²) in [4.78, 5) is 45.8. The van der Waals surface area contributed by atoms with Gasteiger partial charge in [0, 0.05) is 56.3 Å². The van der Waals surface area contributed by atoms with Crippen LogP contribution in [0, 0.1) is 5.82 Å². The summed E-state index contributed by atoms with van der Waals surface area (Å²) in [6, 6.07) is 13.7. The molecule has 0 spiro atoms. The van der Waals surface area contributed by atoms with Gasteiger partial charge in [-0.2, -0.15) is 0 Å². The minimum absolute atomic E-state index is 0.147. The predicted octanol–water partition coefficient (Wildman–Crippen LogP) is 3.51. The standard InChI is InChI=1S/C28H32FN3O4/c1-36-22-12-10-20(11-13-22)30-14-16-31(17-15-30)25(33)18-28(23-8-4-5-9-24(23)29)19-26(34)32(27(28)35)21-6-2-3-7-21/h4-5,8-13,21H,2-3,6-7,14-19H2,1H3/t28-/m1/s1. The number of amides is 3. The van der Waals surface area contributed by atoms with Crippen LogP contribution in [-0.4, -0.2) is 66.9 Å². The third-order valence-corrected chi connectivity index (χ3v) is 7.95. The van der Waals surface area contributed by atoms with Crippen molar-refractivity contribution in [3.05, 3.63) is 59.9 Å². The molecule has 0 unspecified atom stereocenters. The molecule has 36 heavy (non-hydrogen) atoms. The normalized spacial score (nSPS) is 23.0. The van der Waals surface area contributed by atoms with Crippen molar-refractivity contribution in [2.24, 2.45) is 0 Å². The maximum Gasteiger partial charge on any atom is 0.241 e. The molecule has 190 valence electrons. The van der Waals surface area contributed by atoms with Gasteiger partial charge in [-0.05, 0) is 43.2 Å². The zero-order chi connectivity index (χ0) is 25.3. The number of likely N-dealkylation sites (tertiary alicyclic amines) is 1. The van der Waals surface area contributed by atoms with Crippen LogP contribution in [-0.2, 0) is 19.8 Å². The van der Waals surface area contributed by atoms with E-state index >= 15 is 4.39 Å². The van der Waals surface area contributed by atoms with Crippen LogP contribution in [0.15, 0.2) is 48.5 Å². The van der Waals surface area contributed by atoms with Crippen LogP contribution in [0.5, 0.6) is 5.75 Å². The van der Waals surface area contributed by atoms with Gasteiger partial charge in [0.25, 0.3) is 0 Å². The molecule has 2 aromatic carbocycles. The number of methoxy groups -OCH3 is 1. The highest BCUT2D eigenvalue weighted by Gasteiger charge is 2.56. The van der Waals surface area contributed by atoms with Crippen LogP contribution < -0.4 is 9.64 Å². The number of carbonyl (C=O) groups is 3. The Morgan fingerprint density at radius 3 is 2.31 bits per heavy atom. The molecule has 0 N–H and O–H groups in total. The van der Waals surface area contributed by atoms with E-state index in [-0.39, 0.29) is 36.3 Å². The Morgan fingerprint density at radius 1 is 1.00 bits per heavy atom. The van der Waals surface area contributed by atoms with Crippen LogP contribution in [0.1, 0.15) is 44.1 Å². The average molecular weight is 494 g/mol. The van der Waals surface area contributed by atoms with E-state index in [1.165, 1.54) is 11.0 Å². The number of halogens is 1. The Kier molecular flexibility index (Phi) is 6.69. The molecule has 2 saturated heterocycles.